The number of nitrogens with two attached hydrogens (primary N) is 1. The molecule has 0 aliphatic carbocycles. The fourth-order valence-electron chi connectivity index (χ4n) is 0.680. The van der Waals surface area contributed by atoms with E-state index in [0.29, 0.717) is 0 Å². The van der Waals surface area contributed by atoms with Crippen molar-refractivity contribution in [2.45, 2.75) is 0 Å². The molecule has 0 saturated carbocycles. The second-order valence-electron chi connectivity index (χ2n) is 2.03. The van der Waals surface area contributed by atoms with Crippen LogP contribution in [0.15, 0.2) is 12.3 Å². The van der Waals surface area contributed by atoms with Gasteiger partial charge in [-0.25, -0.2) is 9.37 Å². The number of amides is 1. The summed E-state index contributed by atoms with van der Waals surface area (Å²) in [6, 6.07) is 2.59. The maximum atomic E-state index is 12.8. The Balaban J connectivity index is 3.23. The van der Waals surface area contributed by atoms with Gasteiger partial charge in [-0.1, -0.05) is 0 Å². The lowest BCUT2D eigenvalue weighted by Gasteiger charge is -1.95. The van der Waals surface area contributed by atoms with E-state index in [1.807, 2.05) is 0 Å². The van der Waals surface area contributed by atoms with Gasteiger partial charge in [0.25, 0.3) is 5.91 Å². The number of nitrogens with zero attached hydrogens (tertiary/aromatic N) is 2. The molecule has 5 heteroatoms. The van der Waals surface area contributed by atoms with Crippen LogP contribution in [0.3, 0.4) is 0 Å². The zero-order valence-corrected chi connectivity index (χ0v) is 5.91. The third kappa shape index (κ3) is 1.37. The van der Waals surface area contributed by atoms with Crippen molar-refractivity contribution in [3.63, 3.8) is 0 Å². The number of hydrogen-bond donors (Lipinski definition) is 1. The molecule has 0 aromatic carbocycles. The molecule has 0 unspecified atom stereocenters. The third-order valence-corrected chi connectivity index (χ3v) is 1.20. The third-order valence-electron chi connectivity index (χ3n) is 1.20. The minimum absolute atomic E-state index is 0.0532. The molecule has 1 heterocycles. The molecule has 0 spiro atoms. The van der Waals surface area contributed by atoms with Gasteiger partial charge in [0, 0.05) is 6.20 Å². The number of carbonyl (C=O) groups excluding carboxylic acids is 1. The molecule has 0 aliphatic heterocycles. The summed E-state index contributed by atoms with van der Waals surface area (Å²) < 4.78 is 12.8. The second-order valence-corrected chi connectivity index (χ2v) is 2.03. The number of carbonyl (C=O) groups is 1. The molecule has 0 aliphatic rings. The Morgan fingerprint density at radius 2 is 2.42 bits per heavy atom. The molecule has 1 amide bonds. The Kier molecular flexibility index (Phi) is 2.01. The summed E-state index contributed by atoms with van der Waals surface area (Å²) in [6.07, 6.45) is 1.09. The van der Waals surface area contributed by atoms with Gasteiger partial charge in [-0.3, -0.25) is 4.79 Å². The second kappa shape index (κ2) is 2.96. The molecular weight excluding hydrogens is 161 g/mol. The highest BCUT2D eigenvalue weighted by Crippen LogP contribution is 2.04. The van der Waals surface area contributed by atoms with Crippen LogP contribution in [0.4, 0.5) is 4.39 Å². The number of primary amides is 1. The van der Waals surface area contributed by atoms with Gasteiger partial charge >= 0.3 is 0 Å². The molecule has 4 nitrogen and oxygen atoms in total. The predicted molar refractivity (Wildman–Crippen MR) is 37.4 cm³/mol. The van der Waals surface area contributed by atoms with Crippen LogP contribution in [0, 0.1) is 17.1 Å². The molecule has 1 aromatic heterocycles. The molecule has 0 bridgehead atoms. The number of pyridine rings is 1. The zero-order valence-electron chi connectivity index (χ0n) is 5.91. The maximum absolute atomic E-state index is 12.8. The fraction of sp³-hybridized carbons (Fsp3) is 0. The first-order chi connectivity index (χ1) is 5.65. The van der Waals surface area contributed by atoms with E-state index in [-0.39, 0.29) is 5.56 Å². The molecule has 2 N–H and O–H groups in total. The molecule has 1 rings (SSSR count). The Labute approximate surface area is 67.4 Å². The molecule has 12 heavy (non-hydrogen) atoms. The highest BCUT2D eigenvalue weighted by molar-refractivity contribution is 5.91. The van der Waals surface area contributed by atoms with Gasteiger partial charge in [-0.15, -0.1) is 0 Å². The van der Waals surface area contributed by atoms with Crippen LogP contribution >= 0.6 is 0 Å². The topological polar surface area (TPSA) is 79.8 Å². The number of rotatable bonds is 1. The van der Waals surface area contributed by atoms with Crippen LogP contribution in [0.1, 0.15) is 16.1 Å². The molecule has 0 radical (unpaired) electrons. The van der Waals surface area contributed by atoms with Gasteiger partial charge in [0.05, 0.1) is 5.56 Å². The standard InChI is InChI=1S/C7H4FN3O/c8-5-1-4(2-9)3-11-6(5)7(10)12/h1,3H,(H2,10,12). The fourth-order valence-corrected chi connectivity index (χ4v) is 0.680. The van der Waals surface area contributed by atoms with Crippen LogP contribution in [0.2, 0.25) is 0 Å². The first-order valence-electron chi connectivity index (χ1n) is 3.00. The molecule has 1 aromatic rings. The number of halogens is 1. The highest BCUT2D eigenvalue weighted by atomic mass is 19.1. The Morgan fingerprint density at radius 1 is 1.75 bits per heavy atom. The number of hydrogen-bond acceptors (Lipinski definition) is 3. The largest absolute Gasteiger partial charge is 0.364 e. The van der Waals surface area contributed by atoms with Crippen LogP contribution in [0.25, 0.3) is 0 Å². The lowest BCUT2D eigenvalue weighted by Crippen LogP contribution is -2.15. The summed E-state index contributed by atoms with van der Waals surface area (Å²) in [7, 11) is 0. The van der Waals surface area contributed by atoms with Gasteiger partial charge in [0.15, 0.2) is 11.5 Å². The van der Waals surface area contributed by atoms with Crippen molar-refractivity contribution >= 4 is 5.91 Å². The molecular formula is C7H4FN3O. The molecule has 60 valence electrons. The SMILES string of the molecule is N#Cc1cnc(C(N)=O)c(F)c1. The van der Waals surface area contributed by atoms with Crippen LogP contribution in [-0.4, -0.2) is 10.9 Å². The van der Waals surface area contributed by atoms with Gasteiger partial charge in [-0.2, -0.15) is 5.26 Å². The van der Waals surface area contributed by atoms with Gasteiger partial charge in [0.2, 0.25) is 0 Å². The van der Waals surface area contributed by atoms with E-state index in [9.17, 15) is 9.18 Å². The van der Waals surface area contributed by atoms with Gasteiger partial charge in [0.1, 0.15) is 6.07 Å². The van der Waals surface area contributed by atoms with Crippen molar-refractivity contribution in [2.24, 2.45) is 5.73 Å². The number of nitriles is 1. The van der Waals surface area contributed by atoms with E-state index in [2.05, 4.69) is 4.98 Å². The van der Waals surface area contributed by atoms with E-state index >= 15 is 0 Å². The van der Waals surface area contributed by atoms with E-state index in [1.54, 1.807) is 6.07 Å². The minimum Gasteiger partial charge on any atom is -0.364 e. The first-order valence-corrected chi connectivity index (χ1v) is 3.00. The van der Waals surface area contributed by atoms with Gasteiger partial charge in [-0.05, 0) is 6.07 Å². The van der Waals surface area contributed by atoms with Crippen LogP contribution < -0.4 is 5.73 Å². The summed E-state index contributed by atoms with van der Waals surface area (Å²) in [6.45, 7) is 0. The quantitative estimate of drug-likeness (QED) is 0.645. The average molecular weight is 165 g/mol. The first kappa shape index (κ1) is 8.14. The summed E-state index contributed by atoms with van der Waals surface area (Å²) in [5.74, 6) is -1.82. The monoisotopic (exact) mass is 165 g/mol. The van der Waals surface area contributed by atoms with Crippen molar-refractivity contribution in [3.8, 4) is 6.07 Å². The summed E-state index contributed by atoms with van der Waals surface area (Å²) in [4.78, 5) is 13.8. The van der Waals surface area contributed by atoms with Crippen LogP contribution in [-0.2, 0) is 0 Å². The van der Waals surface area contributed by atoms with E-state index in [1.165, 1.54) is 0 Å². The van der Waals surface area contributed by atoms with Gasteiger partial charge < -0.3 is 5.73 Å². The van der Waals surface area contributed by atoms with E-state index in [0.717, 1.165) is 12.3 Å². The highest BCUT2D eigenvalue weighted by Gasteiger charge is 2.09. The van der Waals surface area contributed by atoms with Crippen molar-refractivity contribution in [1.82, 2.24) is 4.98 Å². The summed E-state index contributed by atoms with van der Waals surface area (Å²) in [5, 5.41) is 8.32. The number of aromatic nitrogens is 1. The summed E-state index contributed by atoms with van der Waals surface area (Å²) in [5.41, 5.74) is 4.39. The zero-order chi connectivity index (χ0) is 9.14. The normalized spacial score (nSPS) is 9.00. The van der Waals surface area contributed by atoms with E-state index in [4.69, 9.17) is 11.0 Å². The molecule has 0 atom stereocenters. The molecule has 0 fully saturated rings. The van der Waals surface area contributed by atoms with Crippen molar-refractivity contribution in [3.05, 3.63) is 29.3 Å². The van der Waals surface area contributed by atoms with Crippen molar-refractivity contribution in [1.29, 1.82) is 5.26 Å². The van der Waals surface area contributed by atoms with Crippen LogP contribution in [0.5, 0.6) is 0 Å². The smallest absolute Gasteiger partial charge is 0.270 e. The Bertz CT molecular complexity index is 369. The minimum atomic E-state index is -0.947. The summed E-state index contributed by atoms with van der Waals surface area (Å²) >= 11 is 0. The van der Waals surface area contributed by atoms with Crippen molar-refractivity contribution < 1.29 is 9.18 Å². The molecule has 0 saturated heterocycles. The predicted octanol–water partition coefficient (Wildman–Crippen LogP) is 0.191. The van der Waals surface area contributed by atoms with Crippen molar-refractivity contribution in [2.75, 3.05) is 0 Å². The van der Waals surface area contributed by atoms with E-state index < -0.39 is 17.4 Å². The maximum Gasteiger partial charge on any atom is 0.270 e. The Morgan fingerprint density at radius 3 is 2.83 bits per heavy atom. The lowest BCUT2D eigenvalue weighted by molar-refractivity contribution is 0.0991. The lowest BCUT2D eigenvalue weighted by atomic mass is 10.2. The average Bonchev–Trinajstić information content (AvgIpc) is 2.03. The Hall–Kier alpha value is -1.96.